The Hall–Kier alpha value is -1.98. The second-order valence-corrected chi connectivity index (χ2v) is 4.15. The Morgan fingerprint density at radius 3 is 2.78 bits per heavy atom. The number of methoxy groups -OCH3 is 1. The van der Waals surface area contributed by atoms with Gasteiger partial charge in [-0.1, -0.05) is 0 Å². The van der Waals surface area contributed by atoms with Crippen molar-refractivity contribution >= 4 is 6.09 Å². The first-order valence-electron chi connectivity index (χ1n) is 5.58. The molecule has 0 saturated heterocycles. The highest BCUT2D eigenvalue weighted by molar-refractivity contribution is 5.65. The monoisotopic (exact) mass is 255 g/mol. The summed E-state index contributed by atoms with van der Waals surface area (Å²) < 4.78 is 23.7. The number of hydrogen-bond donors (Lipinski definition) is 2. The van der Waals surface area contributed by atoms with Crippen molar-refractivity contribution in [3.63, 3.8) is 0 Å². The van der Waals surface area contributed by atoms with Gasteiger partial charge in [-0.15, -0.1) is 0 Å². The molecule has 1 amide bonds. The summed E-state index contributed by atoms with van der Waals surface area (Å²) in [4.78, 5) is 10.4. The van der Waals surface area contributed by atoms with Crippen molar-refractivity contribution in [3.05, 3.63) is 24.0 Å². The van der Waals surface area contributed by atoms with E-state index in [1.165, 1.54) is 25.3 Å². The normalized spacial score (nSPS) is 21.9. The Bertz CT molecular complexity index is 446. The van der Waals surface area contributed by atoms with Gasteiger partial charge in [-0.2, -0.15) is 0 Å². The molecule has 2 rings (SSSR count). The number of rotatable bonds is 4. The zero-order chi connectivity index (χ0) is 13.1. The molecule has 98 valence electrons. The van der Waals surface area contributed by atoms with Crippen molar-refractivity contribution in [1.29, 1.82) is 0 Å². The highest BCUT2D eigenvalue weighted by Gasteiger charge is 2.32. The zero-order valence-electron chi connectivity index (χ0n) is 9.85. The van der Waals surface area contributed by atoms with Gasteiger partial charge >= 0.3 is 6.09 Å². The summed E-state index contributed by atoms with van der Waals surface area (Å²) in [7, 11) is 1.48. The first-order chi connectivity index (χ1) is 8.58. The average molecular weight is 255 g/mol. The largest absolute Gasteiger partial charge is 0.493 e. The van der Waals surface area contributed by atoms with Crippen LogP contribution in [0.3, 0.4) is 0 Å². The fourth-order valence-electron chi connectivity index (χ4n) is 1.88. The standard InChI is InChI=1S/C12H14FNO4/c1-17-10-3-2-7(13)4-11(10)18-9-5-8(6-9)14-12(15)16/h2-4,8-9,14H,5-6H2,1H3,(H,15,16). The summed E-state index contributed by atoms with van der Waals surface area (Å²) in [5.74, 6) is 0.410. The summed E-state index contributed by atoms with van der Waals surface area (Å²) in [5.41, 5.74) is 0. The molecule has 1 fully saturated rings. The maximum absolute atomic E-state index is 13.1. The van der Waals surface area contributed by atoms with E-state index in [9.17, 15) is 9.18 Å². The summed E-state index contributed by atoms with van der Waals surface area (Å²) in [6.45, 7) is 0. The van der Waals surface area contributed by atoms with Gasteiger partial charge in [0, 0.05) is 24.9 Å². The van der Waals surface area contributed by atoms with Gasteiger partial charge < -0.3 is 19.9 Å². The molecule has 0 radical (unpaired) electrons. The number of benzene rings is 1. The van der Waals surface area contributed by atoms with Crippen LogP contribution >= 0.6 is 0 Å². The van der Waals surface area contributed by atoms with Gasteiger partial charge in [0.15, 0.2) is 11.5 Å². The van der Waals surface area contributed by atoms with Crippen LogP contribution in [0.15, 0.2) is 18.2 Å². The van der Waals surface area contributed by atoms with Crippen molar-refractivity contribution in [2.24, 2.45) is 0 Å². The molecule has 0 bridgehead atoms. The number of carbonyl (C=O) groups is 1. The first kappa shape index (κ1) is 12.5. The average Bonchev–Trinajstić information content (AvgIpc) is 2.26. The SMILES string of the molecule is COc1ccc(F)cc1OC1CC(NC(=O)O)C1. The van der Waals surface area contributed by atoms with E-state index in [1.807, 2.05) is 0 Å². The van der Waals surface area contributed by atoms with E-state index < -0.39 is 11.9 Å². The van der Waals surface area contributed by atoms with Gasteiger partial charge in [0.05, 0.1) is 7.11 Å². The third-order valence-corrected chi connectivity index (χ3v) is 2.84. The Balaban J connectivity index is 1.91. The number of ether oxygens (including phenoxy) is 2. The minimum absolute atomic E-state index is 0.0907. The second kappa shape index (κ2) is 5.12. The van der Waals surface area contributed by atoms with Crippen LogP contribution < -0.4 is 14.8 Å². The van der Waals surface area contributed by atoms with Crippen LogP contribution in [-0.4, -0.2) is 30.5 Å². The molecular weight excluding hydrogens is 241 g/mol. The molecule has 1 saturated carbocycles. The molecule has 6 heteroatoms. The number of hydrogen-bond acceptors (Lipinski definition) is 3. The molecule has 0 aromatic heterocycles. The lowest BCUT2D eigenvalue weighted by Crippen LogP contribution is -2.48. The van der Waals surface area contributed by atoms with Gasteiger partial charge in [0.1, 0.15) is 11.9 Å². The fraction of sp³-hybridized carbons (Fsp3) is 0.417. The van der Waals surface area contributed by atoms with Gasteiger partial charge in [-0.05, 0) is 12.1 Å². The molecule has 0 spiro atoms. The quantitative estimate of drug-likeness (QED) is 0.863. The Kier molecular flexibility index (Phi) is 3.55. The summed E-state index contributed by atoms with van der Waals surface area (Å²) >= 11 is 0. The minimum atomic E-state index is -1.04. The first-order valence-corrected chi connectivity index (χ1v) is 5.58. The van der Waals surface area contributed by atoms with Crippen molar-refractivity contribution in [3.8, 4) is 11.5 Å². The maximum Gasteiger partial charge on any atom is 0.404 e. The maximum atomic E-state index is 13.1. The Morgan fingerprint density at radius 2 is 2.17 bits per heavy atom. The lowest BCUT2D eigenvalue weighted by molar-refractivity contribution is 0.0803. The van der Waals surface area contributed by atoms with Gasteiger partial charge in [-0.25, -0.2) is 9.18 Å². The molecular formula is C12H14FNO4. The van der Waals surface area contributed by atoms with Gasteiger partial charge in [-0.3, -0.25) is 0 Å². The minimum Gasteiger partial charge on any atom is -0.493 e. The third-order valence-electron chi connectivity index (χ3n) is 2.84. The van der Waals surface area contributed by atoms with E-state index >= 15 is 0 Å². The number of halogens is 1. The number of carboxylic acid groups (broad SMARTS) is 1. The molecule has 2 N–H and O–H groups in total. The van der Waals surface area contributed by atoms with E-state index in [0.29, 0.717) is 24.3 Å². The molecule has 1 aliphatic rings. The number of nitrogens with one attached hydrogen (secondary N) is 1. The molecule has 1 aromatic rings. The predicted octanol–water partition coefficient (Wildman–Crippen LogP) is 2.01. The van der Waals surface area contributed by atoms with E-state index in [2.05, 4.69) is 5.32 Å². The third kappa shape index (κ3) is 2.82. The van der Waals surface area contributed by atoms with E-state index in [-0.39, 0.29) is 12.1 Å². The molecule has 0 aliphatic heterocycles. The zero-order valence-corrected chi connectivity index (χ0v) is 9.85. The highest BCUT2D eigenvalue weighted by Crippen LogP contribution is 2.32. The van der Waals surface area contributed by atoms with Crippen molar-refractivity contribution in [1.82, 2.24) is 5.32 Å². The van der Waals surface area contributed by atoms with Gasteiger partial charge in [0.2, 0.25) is 0 Å². The Morgan fingerprint density at radius 1 is 1.44 bits per heavy atom. The second-order valence-electron chi connectivity index (χ2n) is 4.15. The molecule has 1 aromatic carbocycles. The molecule has 0 atom stereocenters. The van der Waals surface area contributed by atoms with Crippen molar-refractivity contribution < 1.29 is 23.8 Å². The fourth-order valence-corrected chi connectivity index (χ4v) is 1.88. The molecule has 18 heavy (non-hydrogen) atoms. The lowest BCUT2D eigenvalue weighted by atomic mass is 9.89. The summed E-state index contributed by atoms with van der Waals surface area (Å²) in [6.07, 6.45) is -0.00266. The Labute approximate surface area is 104 Å². The molecule has 0 unspecified atom stereocenters. The van der Waals surface area contributed by atoms with Crippen molar-refractivity contribution in [2.75, 3.05) is 7.11 Å². The van der Waals surface area contributed by atoms with Crippen LogP contribution in [0.25, 0.3) is 0 Å². The smallest absolute Gasteiger partial charge is 0.404 e. The highest BCUT2D eigenvalue weighted by atomic mass is 19.1. The molecule has 1 aliphatic carbocycles. The van der Waals surface area contributed by atoms with Crippen LogP contribution in [0, 0.1) is 5.82 Å². The topological polar surface area (TPSA) is 67.8 Å². The van der Waals surface area contributed by atoms with Crippen LogP contribution in [0.4, 0.5) is 9.18 Å². The van der Waals surface area contributed by atoms with Gasteiger partial charge in [0.25, 0.3) is 0 Å². The molecule has 0 heterocycles. The van der Waals surface area contributed by atoms with Crippen molar-refractivity contribution in [2.45, 2.75) is 25.0 Å². The lowest BCUT2D eigenvalue weighted by Gasteiger charge is -2.35. The van der Waals surface area contributed by atoms with Crippen LogP contribution in [-0.2, 0) is 0 Å². The molecule has 5 nitrogen and oxygen atoms in total. The van der Waals surface area contributed by atoms with E-state index in [4.69, 9.17) is 14.6 Å². The van der Waals surface area contributed by atoms with Crippen LogP contribution in [0.1, 0.15) is 12.8 Å². The van der Waals surface area contributed by atoms with Crippen LogP contribution in [0.2, 0.25) is 0 Å². The summed E-state index contributed by atoms with van der Waals surface area (Å²) in [6, 6.07) is 3.96. The number of amides is 1. The van der Waals surface area contributed by atoms with Crippen LogP contribution in [0.5, 0.6) is 11.5 Å². The predicted molar refractivity (Wildman–Crippen MR) is 61.6 cm³/mol. The summed E-state index contributed by atoms with van der Waals surface area (Å²) in [5, 5.41) is 10.9. The van der Waals surface area contributed by atoms with E-state index in [1.54, 1.807) is 0 Å². The van der Waals surface area contributed by atoms with E-state index in [0.717, 1.165) is 0 Å².